The number of carbonyl (C=O) groups is 1. The quantitative estimate of drug-likeness (QED) is 0.720. The van der Waals surface area contributed by atoms with Crippen LogP contribution in [0.4, 0.5) is 0 Å². The van der Waals surface area contributed by atoms with Gasteiger partial charge in [-0.05, 0) is 36.4 Å². The number of hydrogen-bond acceptors (Lipinski definition) is 5. The lowest BCUT2D eigenvalue weighted by atomic mass is 10.4. The van der Waals surface area contributed by atoms with Crippen LogP contribution in [0.25, 0.3) is 0 Å². The second-order valence-electron chi connectivity index (χ2n) is 3.94. The summed E-state index contributed by atoms with van der Waals surface area (Å²) in [6.45, 7) is 3.79. The van der Waals surface area contributed by atoms with Gasteiger partial charge in [0.15, 0.2) is 5.82 Å². The van der Waals surface area contributed by atoms with E-state index in [-0.39, 0.29) is 6.42 Å². The smallest absolute Gasteiger partial charge is 0.311 e. The highest BCUT2D eigenvalue weighted by Crippen LogP contribution is 2.07. The van der Waals surface area contributed by atoms with Crippen LogP contribution >= 0.6 is 0 Å². The molecule has 0 aliphatic carbocycles. The zero-order valence-electron chi connectivity index (χ0n) is 9.04. The number of rotatable bonds is 5. The summed E-state index contributed by atoms with van der Waals surface area (Å²) in [6, 6.07) is 0. The lowest BCUT2D eigenvalue weighted by Crippen LogP contribution is -2.25. The van der Waals surface area contributed by atoms with Crippen LogP contribution in [0.15, 0.2) is 0 Å². The van der Waals surface area contributed by atoms with E-state index in [9.17, 15) is 4.79 Å². The summed E-state index contributed by atoms with van der Waals surface area (Å²) in [5.74, 6) is -0.482. The first-order valence-electron chi connectivity index (χ1n) is 5.45. The Kier molecular flexibility index (Phi) is 3.45. The van der Waals surface area contributed by atoms with Crippen molar-refractivity contribution in [3.05, 3.63) is 5.82 Å². The number of nitrogens with zero attached hydrogens (tertiary/aromatic N) is 5. The fourth-order valence-corrected chi connectivity index (χ4v) is 1.90. The van der Waals surface area contributed by atoms with Gasteiger partial charge in [-0.15, -0.1) is 5.10 Å². The second-order valence-corrected chi connectivity index (χ2v) is 3.94. The van der Waals surface area contributed by atoms with Crippen molar-refractivity contribution in [2.75, 3.05) is 19.6 Å². The lowest BCUT2D eigenvalue weighted by Gasteiger charge is -2.14. The Hall–Kier alpha value is -1.50. The molecule has 1 aliphatic rings. The van der Waals surface area contributed by atoms with Gasteiger partial charge in [-0.25, -0.2) is 4.68 Å². The maximum atomic E-state index is 10.6. The number of likely N-dealkylation sites (tertiary alicyclic amines) is 1. The monoisotopic (exact) mass is 225 g/mol. The van der Waals surface area contributed by atoms with Crippen molar-refractivity contribution in [2.45, 2.75) is 25.8 Å². The third-order valence-electron chi connectivity index (χ3n) is 2.74. The van der Waals surface area contributed by atoms with Crippen molar-refractivity contribution in [2.24, 2.45) is 0 Å². The summed E-state index contributed by atoms with van der Waals surface area (Å²) in [7, 11) is 0. The molecule has 1 aromatic heterocycles. The minimum atomic E-state index is -0.905. The van der Waals surface area contributed by atoms with Gasteiger partial charge >= 0.3 is 5.97 Å². The average molecular weight is 225 g/mol. The van der Waals surface area contributed by atoms with Gasteiger partial charge in [0.05, 0.1) is 6.54 Å². The minimum absolute atomic E-state index is 0.118. The molecule has 0 radical (unpaired) electrons. The first-order chi connectivity index (χ1) is 7.75. The molecule has 88 valence electrons. The predicted molar refractivity (Wildman–Crippen MR) is 54.8 cm³/mol. The fraction of sp³-hybridized carbons (Fsp3) is 0.778. The van der Waals surface area contributed by atoms with E-state index >= 15 is 0 Å². The second kappa shape index (κ2) is 5.02. The zero-order valence-corrected chi connectivity index (χ0v) is 9.04. The molecule has 0 bridgehead atoms. The van der Waals surface area contributed by atoms with E-state index in [0.29, 0.717) is 12.4 Å². The van der Waals surface area contributed by atoms with Gasteiger partial charge in [0, 0.05) is 6.54 Å². The van der Waals surface area contributed by atoms with Crippen LogP contribution in [0.1, 0.15) is 18.7 Å². The average Bonchev–Trinajstić information content (AvgIpc) is 2.84. The largest absolute Gasteiger partial charge is 0.481 e. The standard InChI is InChI=1S/C9H15N5O2/c15-9(16)7-8-10-11-12-14(8)6-5-13-3-1-2-4-13/h1-7H2,(H,15,16). The van der Waals surface area contributed by atoms with E-state index < -0.39 is 5.97 Å². The molecule has 0 aromatic carbocycles. The molecule has 2 rings (SSSR count). The van der Waals surface area contributed by atoms with Crippen molar-refractivity contribution in [3.8, 4) is 0 Å². The van der Waals surface area contributed by atoms with E-state index in [2.05, 4.69) is 20.4 Å². The molecule has 0 unspecified atom stereocenters. The number of tetrazole rings is 1. The van der Waals surface area contributed by atoms with Crippen LogP contribution in [0, 0.1) is 0 Å². The number of hydrogen-bond donors (Lipinski definition) is 1. The topological polar surface area (TPSA) is 84.1 Å². The van der Waals surface area contributed by atoms with Crippen LogP contribution in [0.5, 0.6) is 0 Å². The SMILES string of the molecule is O=C(O)Cc1nnnn1CCN1CCCC1. The number of carboxylic acids is 1. The van der Waals surface area contributed by atoms with Crippen molar-refractivity contribution in [1.82, 2.24) is 25.1 Å². The molecule has 0 spiro atoms. The molecule has 7 nitrogen and oxygen atoms in total. The summed E-state index contributed by atoms with van der Waals surface area (Å²) >= 11 is 0. The van der Waals surface area contributed by atoms with Gasteiger partial charge in [-0.3, -0.25) is 4.79 Å². The molecule has 1 saturated heterocycles. The predicted octanol–water partition coefficient (Wildman–Crippen LogP) is -0.604. The Morgan fingerprint density at radius 3 is 2.75 bits per heavy atom. The molecule has 1 aromatic rings. The van der Waals surface area contributed by atoms with E-state index in [4.69, 9.17) is 5.11 Å². The summed E-state index contributed by atoms with van der Waals surface area (Å²) in [5, 5.41) is 19.7. The fourth-order valence-electron chi connectivity index (χ4n) is 1.90. The summed E-state index contributed by atoms with van der Waals surface area (Å²) in [5.41, 5.74) is 0. The molecule has 1 N–H and O–H groups in total. The van der Waals surface area contributed by atoms with E-state index in [1.807, 2.05) is 0 Å². The highest BCUT2D eigenvalue weighted by molar-refractivity contribution is 5.68. The zero-order chi connectivity index (χ0) is 11.4. The van der Waals surface area contributed by atoms with Crippen molar-refractivity contribution >= 4 is 5.97 Å². The number of aromatic nitrogens is 4. The Labute approximate surface area is 93.0 Å². The Balaban J connectivity index is 1.88. The van der Waals surface area contributed by atoms with E-state index in [0.717, 1.165) is 19.6 Å². The van der Waals surface area contributed by atoms with Crippen LogP contribution in [-0.4, -0.2) is 55.8 Å². The van der Waals surface area contributed by atoms with Gasteiger partial charge in [0.1, 0.15) is 6.42 Å². The Morgan fingerprint density at radius 1 is 1.31 bits per heavy atom. The molecule has 1 aliphatic heterocycles. The summed E-state index contributed by atoms with van der Waals surface area (Å²) < 4.78 is 1.58. The van der Waals surface area contributed by atoms with E-state index in [1.54, 1.807) is 4.68 Å². The number of aliphatic carboxylic acids is 1. The van der Waals surface area contributed by atoms with Crippen molar-refractivity contribution in [1.29, 1.82) is 0 Å². The maximum Gasteiger partial charge on any atom is 0.311 e. The summed E-state index contributed by atoms with van der Waals surface area (Å²) in [4.78, 5) is 12.9. The minimum Gasteiger partial charge on any atom is -0.481 e. The van der Waals surface area contributed by atoms with Crippen molar-refractivity contribution < 1.29 is 9.90 Å². The Bertz CT molecular complexity index is 359. The molecule has 7 heteroatoms. The highest BCUT2D eigenvalue weighted by atomic mass is 16.4. The normalized spacial score (nSPS) is 16.8. The van der Waals surface area contributed by atoms with Gasteiger partial charge in [-0.1, -0.05) is 0 Å². The van der Waals surface area contributed by atoms with E-state index in [1.165, 1.54) is 12.8 Å². The van der Waals surface area contributed by atoms with Gasteiger partial charge in [-0.2, -0.15) is 0 Å². The summed E-state index contributed by atoms with van der Waals surface area (Å²) in [6.07, 6.45) is 2.38. The molecule has 2 heterocycles. The first kappa shape index (κ1) is 11.0. The molecule has 1 fully saturated rings. The molecular weight excluding hydrogens is 210 g/mol. The first-order valence-corrected chi connectivity index (χ1v) is 5.45. The number of carboxylic acid groups (broad SMARTS) is 1. The molecule has 16 heavy (non-hydrogen) atoms. The van der Waals surface area contributed by atoms with Crippen LogP contribution < -0.4 is 0 Å². The maximum absolute atomic E-state index is 10.6. The van der Waals surface area contributed by atoms with Crippen LogP contribution in [0.3, 0.4) is 0 Å². The molecule has 0 amide bonds. The third-order valence-corrected chi connectivity index (χ3v) is 2.74. The lowest BCUT2D eigenvalue weighted by molar-refractivity contribution is -0.136. The van der Waals surface area contributed by atoms with Crippen molar-refractivity contribution in [3.63, 3.8) is 0 Å². The van der Waals surface area contributed by atoms with Gasteiger partial charge in [0.25, 0.3) is 0 Å². The van der Waals surface area contributed by atoms with Gasteiger partial charge < -0.3 is 10.0 Å². The molecule has 0 atom stereocenters. The Morgan fingerprint density at radius 2 is 2.06 bits per heavy atom. The van der Waals surface area contributed by atoms with Crippen LogP contribution in [-0.2, 0) is 17.8 Å². The highest BCUT2D eigenvalue weighted by Gasteiger charge is 2.14. The van der Waals surface area contributed by atoms with Gasteiger partial charge in [0.2, 0.25) is 0 Å². The van der Waals surface area contributed by atoms with Crippen LogP contribution in [0.2, 0.25) is 0 Å². The molecular formula is C9H15N5O2. The molecule has 0 saturated carbocycles. The third kappa shape index (κ3) is 2.75.